The highest BCUT2D eigenvalue weighted by molar-refractivity contribution is 5.85. The molecule has 0 radical (unpaired) electrons. The zero-order valence-corrected chi connectivity index (χ0v) is 11.3. The van der Waals surface area contributed by atoms with Crippen molar-refractivity contribution in [2.75, 3.05) is 7.11 Å². The Morgan fingerprint density at radius 1 is 1.37 bits per heavy atom. The molecule has 1 aromatic carbocycles. The Morgan fingerprint density at radius 2 is 2.00 bits per heavy atom. The number of benzene rings is 1. The SMILES string of the molecule is COC(=O)C1(C(C)C)OC1(C)c1cccc(F)c1F. The smallest absolute Gasteiger partial charge is 0.341 e. The summed E-state index contributed by atoms with van der Waals surface area (Å²) in [7, 11) is 1.25. The predicted molar refractivity (Wildman–Crippen MR) is 64.4 cm³/mol. The molecule has 1 fully saturated rings. The monoisotopic (exact) mass is 270 g/mol. The highest BCUT2D eigenvalue weighted by Gasteiger charge is 2.75. The van der Waals surface area contributed by atoms with E-state index in [4.69, 9.17) is 9.47 Å². The van der Waals surface area contributed by atoms with Gasteiger partial charge in [-0.1, -0.05) is 26.0 Å². The van der Waals surface area contributed by atoms with E-state index in [1.54, 1.807) is 20.8 Å². The first kappa shape index (κ1) is 13.9. The minimum Gasteiger partial charge on any atom is -0.467 e. The summed E-state index contributed by atoms with van der Waals surface area (Å²) in [6, 6.07) is 3.84. The Kier molecular flexibility index (Phi) is 3.13. The van der Waals surface area contributed by atoms with Gasteiger partial charge in [-0.05, 0) is 18.9 Å². The molecule has 1 aromatic rings. The summed E-state index contributed by atoms with van der Waals surface area (Å²) in [5.74, 6) is -2.76. The van der Waals surface area contributed by atoms with E-state index >= 15 is 0 Å². The van der Waals surface area contributed by atoms with Gasteiger partial charge in [0.2, 0.25) is 5.60 Å². The van der Waals surface area contributed by atoms with Crippen LogP contribution in [0.2, 0.25) is 0 Å². The lowest BCUT2D eigenvalue weighted by Crippen LogP contribution is -2.38. The molecule has 0 aliphatic carbocycles. The molecule has 2 unspecified atom stereocenters. The van der Waals surface area contributed by atoms with Crippen LogP contribution < -0.4 is 0 Å². The number of methoxy groups -OCH3 is 1. The minimum absolute atomic E-state index is 0.0339. The van der Waals surface area contributed by atoms with Crippen LogP contribution >= 0.6 is 0 Å². The minimum atomic E-state index is -1.27. The molecule has 0 spiro atoms. The lowest BCUT2D eigenvalue weighted by atomic mass is 9.80. The summed E-state index contributed by atoms with van der Waals surface area (Å²) in [4.78, 5) is 12.0. The van der Waals surface area contributed by atoms with Crippen molar-refractivity contribution >= 4 is 5.97 Å². The van der Waals surface area contributed by atoms with Crippen molar-refractivity contribution in [3.63, 3.8) is 0 Å². The first-order chi connectivity index (χ1) is 8.81. The third kappa shape index (κ3) is 1.68. The second-order valence-electron chi connectivity index (χ2n) is 5.12. The Labute approximate surface area is 110 Å². The molecular formula is C14H16F2O3. The van der Waals surface area contributed by atoms with E-state index in [9.17, 15) is 13.6 Å². The topological polar surface area (TPSA) is 38.8 Å². The summed E-state index contributed by atoms with van der Waals surface area (Å²) in [6.07, 6.45) is 0. The normalized spacial score (nSPS) is 29.4. The maximum absolute atomic E-state index is 13.9. The Balaban J connectivity index is 2.52. The van der Waals surface area contributed by atoms with Crippen molar-refractivity contribution in [2.24, 2.45) is 5.92 Å². The van der Waals surface area contributed by atoms with Crippen molar-refractivity contribution in [1.29, 1.82) is 0 Å². The van der Waals surface area contributed by atoms with Gasteiger partial charge in [-0.3, -0.25) is 0 Å². The number of rotatable bonds is 3. The molecule has 1 aliphatic heterocycles. The lowest BCUT2D eigenvalue weighted by Gasteiger charge is -2.19. The number of halogens is 2. The van der Waals surface area contributed by atoms with Gasteiger partial charge in [-0.15, -0.1) is 0 Å². The molecule has 5 heteroatoms. The number of esters is 1. The molecule has 0 N–H and O–H groups in total. The van der Waals surface area contributed by atoms with Crippen molar-refractivity contribution in [2.45, 2.75) is 32.0 Å². The molecule has 1 aliphatic rings. The van der Waals surface area contributed by atoms with E-state index in [1.807, 2.05) is 0 Å². The van der Waals surface area contributed by atoms with Gasteiger partial charge in [0.1, 0.15) is 5.60 Å². The maximum Gasteiger partial charge on any atom is 0.341 e. The average molecular weight is 270 g/mol. The van der Waals surface area contributed by atoms with Gasteiger partial charge in [-0.25, -0.2) is 13.6 Å². The molecule has 1 saturated heterocycles. The summed E-state index contributed by atoms with van der Waals surface area (Å²) in [5, 5.41) is 0. The molecule has 104 valence electrons. The summed E-state index contributed by atoms with van der Waals surface area (Å²) >= 11 is 0. The van der Waals surface area contributed by atoms with Crippen LogP contribution in [0.1, 0.15) is 26.3 Å². The number of hydrogen-bond donors (Lipinski definition) is 0. The third-order valence-electron chi connectivity index (χ3n) is 3.80. The van der Waals surface area contributed by atoms with E-state index in [-0.39, 0.29) is 11.5 Å². The van der Waals surface area contributed by atoms with Crippen molar-refractivity contribution in [1.82, 2.24) is 0 Å². The fourth-order valence-corrected chi connectivity index (χ4v) is 2.72. The number of carbonyl (C=O) groups is 1. The van der Waals surface area contributed by atoms with Crippen LogP contribution in [0.4, 0.5) is 8.78 Å². The number of hydrogen-bond acceptors (Lipinski definition) is 3. The molecule has 1 heterocycles. The average Bonchev–Trinajstić information content (AvgIpc) is 3.01. The molecule has 0 bridgehead atoms. The number of epoxide rings is 1. The molecule has 0 saturated carbocycles. The zero-order valence-electron chi connectivity index (χ0n) is 11.3. The maximum atomic E-state index is 13.9. The summed E-state index contributed by atoms with van der Waals surface area (Å²) < 4.78 is 37.5. The van der Waals surface area contributed by atoms with E-state index < -0.39 is 28.8 Å². The van der Waals surface area contributed by atoms with Gasteiger partial charge in [0.05, 0.1) is 7.11 Å². The highest BCUT2D eigenvalue weighted by Crippen LogP contribution is 2.60. The molecule has 19 heavy (non-hydrogen) atoms. The molecule has 2 atom stereocenters. The van der Waals surface area contributed by atoms with E-state index in [0.29, 0.717) is 0 Å². The van der Waals surface area contributed by atoms with Crippen LogP contribution in [0.5, 0.6) is 0 Å². The first-order valence-corrected chi connectivity index (χ1v) is 6.04. The second kappa shape index (κ2) is 4.27. The molecule has 2 rings (SSSR count). The first-order valence-electron chi connectivity index (χ1n) is 6.04. The van der Waals surface area contributed by atoms with Crippen LogP contribution in [0.3, 0.4) is 0 Å². The van der Waals surface area contributed by atoms with Gasteiger partial charge in [0.25, 0.3) is 0 Å². The Bertz CT molecular complexity index is 529. The third-order valence-corrected chi connectivity index (χ3v) is 3.80. The molecule has 0 aromatic heterocycles. The second-order valence-corrected chi connectivity index (χ2v) is 5.12. The van der Waals surface area contributed by atoms with Crippen molar-refractivity contribution in [3.05, 3.63) is 35.4 Å². The summed E-state index contributed by atoms with van der Waals surface area (Å²) in [6.45, 7) is 5.13. The van der Waals surface area contributed by atoms with Crippen LogP contribution in [-0.2, 0) is 19.9 Å². The van der Waals surface area contributed by atoms with E-state index in [2.05, 4.69) is 0 Å². The van der Waals surface area contributed by atoms with Gasteiger partial charge >= 0.3 is 5.97 Å². The largest absolute Gasteiger partial charge is 0.467 e. The van der Waals surface area contributed by atoms with Crippen LogP contribution in [0, 0.1) is 17.6 Å². The van der Waals surface area contributed by atoms with Crippen LogP contribution in [0.15, 0.2) is 18.2 Å². The van der Waals surface area contributed by atoms with Crippen LogP contribution in [0.25, 0.3) is 0 Å². The van der Waals surface area contributed by atoms with E-state index in [0.717, 1.165) is 6.07 Å². The number of ether oxygens (including phenoxy) is 2. The quantitative estimate of drug-likeness (QED) is 0.626. The summed E-state index contributed by atoms with van der Waals surface area (Å²) in [5.41, 5.74) is -2.44. The Hall–Kier alpha value is -1.49. The van der Waals surface area contributed by atoms with Gasteiger partial charge in [0, 0.05) is 5.56 Å². The fourth-order valence-electron chi connectivity index (χ4n) is 2.72. The van der Waals surface area contributed by atoms with Gasteiger partial charge in [0.15, 0.2) is 11.6 Å². The van der Waals surface area contributed by atoms with Crippen LogP contribution in [-0.4, -0.2) is 18.7 Å². The highest BCUT2D eigenvalue weighted by atomic mass is 19.2. The standard InChI is InChI=1S/C14H16F2O3/c1-8(2)14(12(17)18-4)13(3,19-14)9-6-5-7-10(15)11(9)16/h5-8H,1-4H3. The van der Waals surface area contributed by atoms with Crippen molar-refractivity contribution < 1.29 is 23.0 Å². The molecule has 0 amide bonds. The van der Waals surface area contributed by atoms with E-state index in [1.165, 1.54) is 19.2 Å². The molecular weight excluding hydrogens is 254 g/mol. The zero-order chi connectivity index (χ0) is 14.4. The van der Waals surface area contributed by atoms with Gasteiger partial charge < -0.3 is 9.47 Å². The fraction of sp³-hybridized carbons (Fsp3) is 0.500. The van der Waals surface area contributed by atoms with Crippen molar-refractivity contribution in [3.8, 4) is 0 Å². The Morgan fingerprint density at radius 3 is 2.53 bits per heavy atom. The predicted octanol–water partition coefficient (Wildman–Crippen LogP) is 2.78. The number of carbonyl (C=O) groups excluding carboxylic acids is 1. The molecule has 3 nitrogen and oxygen atoms in total. The van der Waals surface area contributed by atoms with Gasteiger partial charge in [-0.2, -0.15) is 0 Å². The lowest BCUT2D eigenvalue weighted by molar-refractivity contribution is -0.148.